The van der Waals surface area contributed by atoms with Crippen molar-refractivity contribution in [1.82, 2.24) is 9.97 Å². The number of hydrogen-bond donors (Lipinski definition) is 3. The zero-order chi connectivity index (χ0) is 19.6. The number of nitrogens with one attached hydrogen (secondary N) is 3. The lowest BCUT2D eigenvalue weighted by Crippen LogP contribution is -2.15. The first-order chi connectivity index (χ1) is 12.7. The number of benzene rings is 2. The van der Waals surface area contributed by atoms with E-state index in [1.54, 1.807) is 25.3 Å². The number of anilines is 2. The minimum absolute atomic E-state index is 0.0437. The van der Waals surface area contributed by atoms with Crippen LogP contribution in [0.4, 0.5) is 11.6 Å². The van der Waals surface area contributed by atoms with E-state index in [9.17, 15) is 13.2 Å². The second-order valence-electron chi connectivity index (χ2n) is 5.63. The quantitative estimate of drug-likeness (QED) is 0.573. The number of aromatic amines is 1. The van der Waals surface area contributed by atoms with E-state index in [1.165, 1.54) is 30.3 Å². The molecule has 0 saturated heterocycles. The van der Waals surface area contributed by atoms with Crippen LogP contribution in [0.2, 0.25) is 10.0 Å². The fourth-order valence-electron chi connectivity index (χ4n) is 2.24. The second kappa shape index (κ2) is 7.59. The zero-order valence-electron chi connectivity index (χ0n) is 14.0. The number of aromatic nitrogens is 2. The molecular formula is C17H14Cl2N4O3S. The van der Waals surface area contributed by atoms with Crippen LogP contribution >= 0.6 is 23.2 Å². The van der Waals surface area contributed by atoms with Gasteiger partial charge in [0.25, 0.3) is 15.9 Å². The molecule has 0 fully saturated rings. The summed E-state index contributed by atoms with van der Waals surface area (Å²) >= 11 is 11.7. The molecule has 0 bridgehead atoms. The molecule has 1 aromatic heterocycles. The van der Waals surface area contributed by atoms with E-state index in [0.29, 0.717) is 5.95 Å². The third-order valence-corrected chi connectivity index (χ3v) is 5.63. The molecular weight excluding hydrogens is 411 g/mol. The Morgan fingerprint density at radius 1 is 1.11 bits per heavy atom. The zero-order valence-corrected chi connectivity index (χ0v) is 16.3. The lowest BCUT2D eigenvalue weighted by Gasteiger charge is -2.10. The van der Waals surface area contributed by atoms with Gasteiger partial charge in [-0.1, -0.05) is 29.3 Å². The van der Waals surface area contributed by atoms with Crippen LogP contribution < -0.4 is 10.0 Å². The fourth-order valence-corrected chi connectivity index (χ4v) is 3.68. The van der Waals surface area contributed by atoms with Gasteiger partial charge in [0.2, 0.25) is 5.95 Å². The van der Waals surface area contributed by atoms with Crippen LogP contribution in [0.5, 0.6) is 0 Å². The predicted octanol–water partition coefficient (Wildman–Crippen LogP) is 4.08. The number of carbonyl (C=O) groups excluding carboxylic acids is 1. The van der Waals surface area contributed by atoms with Crippen LogP contribution in [-0.4, -0.2) is 24.3 Å². The molecule has 27 heavy (non-hydrogen) atoms. The molecule has 0 atom stereocenters. The van der Waals surface area contributed by atoms with Crippen molar-refractivity contribution in [2.24, 2.45) is 0 Å². The Hall–Kier alpha value is -2.55. The molecule has 3 aromatic rings. The highest BCUT2D eigenvalue weighted by molar-refractivity contribution is 7.92. The van der Waals surface area contributed by atoms with Crippen molar-refractivity contribution in [3.8, 4) is 0 Å². The average Bonchev–Trinajstić information content (AvgIpc) is 3.02. The van der Waals surface area contributed by atoms with Gasteiger partial charge in [-0.25, -0.2) is 13.4 Å². The molecule has 0 aliphatic carbocycles. The van der Waals surface area contributed by atoms with Crippen LogP contribution in [0, 0.1) is 6.92 Å². The summed E-state index contributed by atoms with van der Waals surface area (Å²) in [5, 5.41) is 2.98. The van der Waals surface area contributed by atoms with Crippen molar-refractivity contribution in [3.63, 3.8) is 0 Å². The first kappa shape index (κ1) is 19.2. The topological polar surface area (TPSA) is 104 Å². The summed E-state index contributed by atoms with van der Waals surface area (Å²) in [6.07, 6.45) is 1.58. The maximum absolute atomic E-state index is 12.5. The number of halogens is 2. The largest absolute Gasteiger partial charge is 0.328 e. The summed E-state index contributed by atoms with van der Waals surface area (Å²) in [7, 11) is -3.89. The summed E-state index contributed by atoms with van der Waals surface area (Å²) in [5.74, 6) is -0.126. The number of amides is 1. The normalized spacial score (nSPS) is 11.2. The van der Waals surface area contributed by atoms with Gasteiger partial charge in [-0.05, 0) is 43.3 Å². The Labute approximate surface area is 165 Å². The third-order valence-electron chi connectivity index (χ3n) is 3.51. The number of aryl methyl sites for hydroxylation is 1. The summed E-state index contributed by atoms with van der Waals surface area (Å²) in [5.41, 5.74) is 1.29. The van der Waals surface area contributed by atoms with Crippen LogP contribution in [0.25, 0.3) is 0 Å². The van der Waals surface area contributed by atoms with E-state index in [2.05, 4.69) is 20.0 Å². The molecule has 2 aromatic carbocycles. The molecule has 0 aliphatic rings. The summed E-state index contributed by atoms with van der Waals surface area (Å²) in [6.45, 7) is 1.81. The van der Waals surface area contributed by atoms with E-state index in [4.69, 9.17) is 23.2 Å². The SMILES string of the molecule is Cc1cnc(NC(=O)c2cccc(NS(=O)(=O)c3ccc(Cl)c(Cl)c3)c2)[nH]1. The van der Waals surface area contributed by atoms with Crippen molar-refractivity contribution in [2.75, 3.05) is 10.0 Å². The van der Waals surface area contributed by atoms with Gasteiger partial charge >= 0.3 is 0 Å². The van der Waals surface area contributed by atoms with E-state index >= 15 is 0 Å². The first-order valence-corrected chi connectivity index (χ1v) is 9.89. The molecule has 1 heterocycles. The Morgan fingerprint density at radius 3 is 2.56 bits per heavy atom. The lowest BCUT2D eigenvalue weighted by atomic mass is 10.2. The Balaban J connectivity index is 1.80. The van der Waals surface area contributed by atoms with Gasteiger partial charge in [-0.3, -0.25) is 14.8 Å². The van der Waals surface area contributed by atoms with Crippen LogP contribution in [0.15, 0.2) is 53.6 Å². The monoisotopic (exact) mass is 424 g/mol. The van der Waals surface area contributed by atoms with Gasteiger partial charge in [0.1, 0.15) is 0 Å². The number of H-pyrrole nitrogens is 1. The number of rotatable bonds is 5. The maximum Gasteiger partial charge on any atom is 0.261 e. The molecule has 0 saturated carbocycles. The van der Waals surface area contributed by atoms with E-state index in [1.807, 2.05) is 0 Å². The summed E-state index contributed by atoms with van der Waals surface area (Å²) in [6, 6.07) is 10.1. The first-order valence-electron chi connectivity index (χ1n) is 7.65. The molecule has 10 heteroatoms. The highest BCUT2D eigenvalue weighted by atomic mass is 35.5. The highest BCUT2D eigenvalue weighted by Crippen LogP contribution is 2.26. The van der Waals surface area contributed by atoms with Crippen molar-refractivity contribution >= 4 is 50.8 Å². The molecule has 7 nitrogen and oxygen atoms in total. The van der Waals surface area contributed by atoms with E-state index < -0.39 is 15.9 Å². The molecule has 0 spiro atoms. The highest BCUT2D eigenvalue weighted by Gasteiger charge is 2.17. The van der Waals surface area contributed by atoms with Gasteiger partial charge < -0.3 is 4.98 Å². The molecule has 3 rings (SSSR count). The molecule has 140 valence electrons. The minimum Gasteiger partial charge on any atom is -0.328 e. The van der Waals surface area contributed by atoms with Crippen molar-refractivity contribution in [1.29, 1.82) is 0 Å². The second-order valence-corrected chi connectivity index (χ2v) is 8.13. The molecule has 0 unspecified atom stereocenters. The van der Waals surface area contributed by atoms with Crippen LogP contribution in [0.3, 0.4) is 0 Å². The number of imidazole rings is 1. The number of hydrogen-bond acceptors (Lipinski definition) is 4. The molecule has 0 aliphatic heterocycles. The van der Waals surface area contributed by atoms with Gasteiger partial charge in [-0.15, -0.1) is 0 Å². The standard InChI is InChI=1S/C17H14Cl2N4O3S/c1-10-9-20-17(21-10)22-16(24)11-3-2-4-12(7-11)23-27(25,26)13-5-6-14(18)15(19)8-13/h2-9,23H,1H3,(H2,20,21,22,24). The third kappa shape index (κ3) is 4.60. The number of carbonyl (C=O) groups is 1. The summed E-state index contributed by atoms with van der Waals surface area (Å²) in [4.78, 5) is 19.1. The van der Waals surface area contributed by atoms with Gasteiger partial charge in [0, 0.05) is 23.1 Å². The Bertz CT molecular complexity index is 1110. The Morgan fingerprint density at radius 2 is 1.89 bits per heavy atom. The van der Waals surface area contributed by atoms with Crippen molar-refractivity contribution < 1.29 is 13.2 Å². The van der Waals surface area contributed by atoms with Crippen LogP contribution in [-0.2, 0) is 10.0 Å². The number of nitrogens with zero attached hydrogens (tertiary/aromatic N) is 1. The minimum atomic E-state index is -3.89. The van der Waals surface area contributed by atoms with E-state index in [-0.39, 0.29) is 26.2 Å². The fraction of sp³-hybridized carbons (Fsp3) is 0.0588. The van der Waals surface area contributed by atoms with Crippen molar-refractivity contribution in [2.45, 2.75) is 11.8 Å². The number of sulfonamides is 1. The van der Waals surface area contributed by atoms with Gasteiger partial charge in [0.05, 0.1) is 14.9 Å². The molecule has 1 amide bonds. The Kier molecular flexibility index (Phi) is 5.41. The van der Waals surface area contributed by atoms with E-state index in [0.717, 1.165) is 5.69 Å². The molecule has 0 radical (unpaired) electrons. The van der Waals surface area contributed by atoms with Crippen molar-refractivity contribution in [3.05, 3.63) is 70.0 Å². The summed E-state index contributed by atoms with van der Waals surface area (Å²) < 4.78 is 27.4. The predicted molar refractivity (Wildman–Crippen MR) is 105 cm³/mol. The van der Waals surface area contributed by atoms with Gasteiger partial charge in [0.15, 0.2) is 0 Å². The maximum atomic E-state index is 12.5. The average molecular weight is 425 g/mol. The lowest BCUT2D eigenvalue weighted by molar-refractivity contribution is 0.102. The molecule has 3 N–H and O–H groups in total. The van der Waals surface area contributed by atoms with Crippen LogP contribution in [0.1, 0.15) is 16.1 Å². The smallest absolute Gasteiger partial charge is 0.261 e. The van der Waals surface area contributed by atoms with Gasteiger partial charge in [-0.2, -0.15) is 0 Å².